The van der Waals surface area contributed by atoms with Gasteiger partial charge in [-0.15, -0.1) is 5.10 Å². The summed E-state index contributed by atoms with van der Waals surface area (Å²) in [6.07, 6.45) is 8.90. The monoisotopic (exact) mass is 337 g/mol. The summed E-state index contributed by atoms with van der Waals surface area (Å²) < 4.78 is 3.80. The maximum Gasteiger partial charge on any atom is 0.143 e. The van der Waals surface area contributed by atoms with Crippen LogP contribution in [0.3, 0.4) is 0 Å². The molecule has 3 aromatic rings. The molecule has 130 valence electrons. The molecule has 7 heteroatoms. The van der Waals surface area contributed by atoms with Crippen molar-refractivity contribution in [3.8, 4) is 5.69 Å². The third-order valence-electron chi connectivity index (χ3n) is 4.96. The van der Waals surface area contributed by atoms with Gasteiger partial charge in [0.25, 0.3) is 0 Å². The molecule has 4 rings (SSSR count). The van der Waals surface area contributed by atoms with Gasteiger partial charge in [-0.05, 0) is 54.0 Å². The Morgan fingerprint density at radius 3 is 2.68 bits per heavy atom. The Bertz CT molecular complexity index is 785. The molecule has 0 aliphatic heterocycles. The third-order valence-corrected chi connectivity index (χ3v) is 4.96. The highest BCUT2D eigenvalue weighted by Gasteiger charge is 2.17. The maximum atomic E-state index is 4.73. The van der Waals surface area contributed by atoms with E-state index in [4.69, 9.17) is 5.10 Å². The van der Waals surface area contributed by atoms with Gasteiger partial charge in [0, 0.05) is 18.8 Å². The molecule has 0 saturated heterocycles. The number of hydrogen-bond acceptors (Lipinski definition) is 5. The Labute approximate surface area is 147 Å². The molecule has 1 aliphatic carbocycles. The van der Waals surface area contributed by atoms with Crippen LogP contribution in [0.2, 0.25) is 0 Å². The number of hydrogen-bond donors (Lipinski definition) is 1. The summed E-state index contributed by atoms with van der Waals surface area (Å²) in [5.74, 6) is 0. The quantitative estimate of drug-likeness (QED) is 0.749. The molecule has 1 aliphatic rings. The second-order valence-electron chi connectivity index (χ2n) is 6.67. The lowest BCUT2D eigenvalue weighted by Gasteiger charge is -2.14. The van der Waals surface area contributed by atoms with Crippen molar-refractivity contribution in [3.05, 3.63) is 54.1 Å². The average Bonchev–Trinajstić information content (AvgIpc) is 3.42. The lowest BCUT2D eigenvalue weighted by Crippen LogP contribution is -2.18. The predicted octanol–water partition coefficient (Wildman–Crippen LogP) is 2.82. The summed E-state index contributed by atoms with van der Waals surface area (Å²) in [6.45, 7) is 2.94. The van der Waals surface area contributed by atoms with Gasteiger partial charge < -0.3 is 5.32 Å². The van der Waals surface area contributed by atoms with Crippen molar-refractivity contribution < 1.29 is 0 Å². The summed E-state index contributed by atoms with van der Waals surface area (Å²) in [7, 11) is 0. The van der Waals surface area contributed by atoms with Crippen LogP contribution in [0.4, 0.5) is 0 Å². The van der Waals surface area contributed by atoms with Crippen LogP contribution in [0.1, 0.15) is 55.9 Å². The molecule has 1 aromatic carbocycles. The molecule has 2 aromatic heterocycles. The fourth-order valence-electron chi connectivity index (χ4n) is 3.41. The Morgan fingerprint density at radius 2 is 1.96 bits per heavy atom. The number of benzene rings is 1. The zero-order chi connectivity index (χ0) is 17.1. The summed E-state index contributed by atoms with van der Waals surface area (Å²) in [4.78, 5) is 0. The SMILES string of the molecule is C[C@H](NCc1ccn(C2CCCC2)n1)c1ccc(-n2cnnn2)cc1. The Balaban J connectivity index is 1.35. The Morgan fingerprint density at radius 1 is 1.16 bits per heavy atom. The molecular formula is C18H23N7. The second kappa shape index (κ2) is 7.14. The first kappa shape index (κ1) is 16.0. The molecule has 0 spiro atoms. The van der Waals surface area contributed by atoms with Crippen LogP contribution in [0.25, 0.3) is 5.69 Å². The zero-order valence-corrected chi connectivity index (χ0v) is 14.4. The van der Waals surface area contributed by atoms with Crippen molar-refractivity contribution in [1.29, 1.82) is 0 Å². The standard InChI is InChI=1S/C18H23N7/c1-14(15-6-8-18(9-7-15)25-13-20-22-23-25)19-12-16-10-11-24(21-16)17-4-2-3-5-17/h6-11,13-14,17,19H,2-5,12H2,1H3/t14-/m0/s1. The van der Waals surface area contributed by atoms with Gasteiger partial charge in [-0.3, -0.25) is 4.68 Å². The van der Waals surface area contributed by atoms with Gasteiger partial charge in [0.15, 0.2) is 0 Å². The van der Waals surface area contributed by atoms with Crippen LogP contribution < -0.4 is 5.32 Å². The first-order valence-corrected chi connectivity index (χ1v) is 8.90. The van der Waals surface area contributed by atoms with E-state index in [0.717, 1.165) is 17.9 Å². The molecule has 1 atom stereocenters. The van der Waals surface area contributed by atoms with E-state index >= 15 is 0 Å². The molecule has 1 N–H and O–H groups in total. The van der Waals surface area contributed by atoms with Crippen LogP contribution in [0, 0.1) is 0 Å². The Hall–Kier alpha value is -2.54. The fraction of sp³-hybridized carbons (Fsp3) is 0.444. The smallest absolute Gasteiger partial charge is 0.143 e. The summed E-state index contributed by atoms with van der Waals surface area (Å²) in [5.41, 5.74) is 3.28. The van der Waals surface area contributed by atoms with Crippen molar-refractivity contribution in [1.82, 2.24) is 35.3 Å². The van der Waals surface area contributed by atoms with Crippen LogP contribution in [0.15, 0.2) is 42.9 Å². The molecule has 1 fully saturated rings. The van der Waals surface area contributed by atoms with Gasteiger partial charge in [0.2, 0.25) is 0 Å². The summed E-state index contributed by atoms with van der Waals surface area (Å²) in [5, 5.41) is 19.5. The topological polar surface area (TPSA) is 73.5 Å². The van der Waals surface area contributed by atoms with E-state index < -0.39 is 0 Å². The highest BCUT2D eigenvalue weighted by atomic mass is 15.5. The minimum Gasteiger partial charge on any atom is -0.304 e. The number of tetrazole rings is 1. The second-order valence-corrected chi connectivity index (χ2v) is 6.67. The highest BCUT2D eigenvalue weighted by molar-refractivity contribution is 5.34. The van der Waals surface area contributed by atoms with E-state index in [0.29, 0.717) is 6.04 Å². The molecule has 0 unspecified atom stereocenters. The van der Waals surface area contributed by atoms with Crippen LogP contribution >= 0.6 is 0 Å². The van der Waals surface area contributed by atoms with Gasteiger partial charge in [-0.1, -0.05) is 25.0 Å². The van der Waals surface area contributed by atoms with Crippen molar-refractivity contribution >= 4 is 0 Å². The average molecular weight is 337 g/mol. The number of nitrogens with one attached hydrogen (secondary N) is 1. The van der Waals surface area contributed by atoms with E-state index in [9.17, 15) is 0 Å². The van der Waals surface area contributed by atoms with Crippen LogP contribution in [0.5, 0.6) is 0 Å². The number of aromatic nitrogens is 6. The maximum absolute atomic E-state index is 4.73. The molecule has 2 heterocycles. The molecule has 0 bridgehead atoms. The highest BCUT2D eigenvalue weighted by Crippen LogP contribution is 2.28. The first-order valence-electron chi connectivity index (χ1n) is 8.90. The van der Waals surface area contributed by atoms with E-state index in [1.807, 2.05) is 12.1 Å². The molecule has 1 saturated carbocycles. The van der Waals surface area contributed by atoms with Crippen LogP contribution in [-0.2, 0) is 6.54 Å². The molecule has 0 amide bonds. The minimum atomic E-state index is 0.250. The number of rotatable bonds is 6. The van der Waals surface area contributed by atoms with Crippen molar-refractivity contribution in [2.45, 2.75) is 51.2 Å². The van der Waals surface area contributed by atoms with Gasteiger partial charge in [-0.25, -0.2) is 4.68 Å². The van der Waals surface area contributed by atoms with Crippen molar-refractivity contribution in [2.24, 2.45) is 0 Å². The molecule has 25 heavy (non-hydrogen) atoms. The van der Waals surface area contributed by atoms with Crippen molar-refractivity contribution in [2.75, 3.05) is 0 Å². The lowest BCUT2D eigenvalue weighted by atomic mass is 10.1. The van der Waals surface area contributed by atoms with Crippen molar-refractivity contribution in [3.63, 3.8) is 0 Å². The third kappa shape index (κ3) is 3.61. The van der Waals surface area contributed by atoms with Gasteiger partial charge in [-0.2, -0.15) is 5.10 Å². The Kier molecular flexibility index (Phi) is 4.56. The fourth-order valence-corrected chi connectivity index (χ4v) is 3.41. The van der Waals surface area contributed by atoms with E-state index in [1.165, 1.54) is 31.2 Å². The van der Waals surface area contributed by atoms with Gasteiger partial charge in [0.1, 0.15) is 6.33 Å². The molecular weight excluding hydrogens is 314 g/mol. The molecule has 0 radical (unpaired) electrons. The summed E-state index contributed by atoms with van der Waals surface area (Å²) >= 11 is 0. The first-order chi connectivity index (χ1) is 12.3. The van der Waals surface area contributed by atoms with Gasteiger partial charge >= 0.3 is 0 Å². The molecule has 7 nitrogen and oxygen atoms in total. The largest absolute Gasteiger partial charge is 0.304 e. The zero-order valence-electron chi connectivity index (χ0n) is 14.4. The lowest BCUT2D eigenvalue weighted by molar-refractivity contribution is 0.458. The minimum absolute atomic E-state index is 0.250. The predicted molar refractivity (Wildman–Crippen MR) is 94.1 cm³/mol. The summed E-state index contributed by atoms with van der Waals surface area (Å²) in [6, 6.07) is 11.2. The van der Waals surface area contributed by atoms with Crippen LogP contribution in [-0.4, -0.2) is 30.0 Å². The van der Waals surface area contributed by atoms with E-state index in [2.05, 4.69) is 56.8 Å². The van der Waals surface area contributed by atoms with E-state index in [1.54, 1.807) is 11.0 Å². The van der Waals surface area contributed by atoms with E-state index in [-0.39, 0.29) is 6.04 Å². The normalized spacial score (nSPS) is 16.4. The van der Waals surface area contributed by atoms with Gasteiger partial charge in [0.05, 0.1) is 17.4 Å². The number of nitrogens with zero attached hydrogens (tertiary/aromatic N) is 6.